The van der Waals surface area contributed by atoms with E-state index in [9.17, 15) is 19.5 Å². The van der Waals surface area contributed by atoms with Crippen molar-refractivity contribution in [2.75, 3.05) is 6.61 Å². The minimum atomic E-state index is -1.02. The van der Waals surface area contributed by atoms with Crippen LogP contribution in [0.3, 0.4) is 0 Å². The minimum absolute atomic E-state index is 0.00680. The van der Waals surface area contributed by atoms with Gasteiger partial charge in [0.15, 0.2) is 0 Å². The van der Waals surface area contributed by atoms with Crippen molar-refractivity contribution in [3.8, 4) is 11.1 Å². The van der Waals surface area contributed by atoms with Crippen LogP contribution in [-0.2, 0) is 14.3 Å². The average molecular weight is 477 g/mol. The Kier molecular flexibility index (Phi) is 6.26. The number of rotatable bonds is 8. The van der Waals surface area contributed by atoms with Crippen molar-refractivity contribution in [3.05, 3.63) is 59.7 Å². The molecule has 5 rings (SSSR count). The summed E-state index contributed by atoms with van der Waals surface area (Å²) in [5, 5.41) is 12.7. The average Bonchev–Trinajstić information content (AvgIpc) is 3.54. The van der Waals surface area contributed by atoms with Crippen LogP contribution < -0.4 is 5.32 Å². The number of alkyl carbamates (subject to hydrolysis) is 1. The van der Waals surface area contributed by atoms with E-state index in [1.807, 2.05) is 31.2 Å². The first-order valence-electron chi connectivity index (χ1n) is 12.6. The summed E-state index contributed by atoms with van der Waals surface area (Å²) in [5.74, 6) is -1.03. The second-order valence-electron chi connectivity index (χ2n) is 9.95. The van der Waals surface area contributed by atoms with E-state index in [-0.39, 0.29) is 36.9 Å². The third-order valence-corrected chi connectivity index (χ3v) is 8.14. The zero-order valence-corrected chi connectivity index (χ0v) is 20.0. The van der Waals surface area contributed by atoms with Crippen molar-refractivity contribution in [2.24, 2.45) is 0 Å². The molecular formula is C28H32N2O5. The zero-order chi connectivity index (χ0) is 24.6. The molecule has 2 aromatic carbocycles. The Labute approximate surface area is 205 Å². The molecule has 1 unspecified atom stereocenters. The fourth-order valence-corrected chi connectivity index (χ4v) is 6.29. The van der Waals surface area contributed by atoms with E-state index in [4.69, 9.17) is 4.74 Å². The lowest BCUT2D eigenvalue weighted by Gasteiger charge is -2.31. The Bertz CT molecular complexity index is 1090. The minimum Gasteiger partial charge on any atom is -0.479 e. The van der Waals surface area contributed by atoms with Crippen molar-refractivity contribution >= 4 is 18.0 Å². The number of benzene rings is 2. The molecule has 2 saturated heterocycles. The number of hydrogen-bond acceptors (Lipinski definition) is 4. The molecule has 2 aromatic rings. The van der Waals surface area contributed by atoms with E-state index in [1.165, 1.54) is 11.1 Å². The zero-order valence-electron chi connectivity index (χ0n) is 20.0. The van der Waals surface area contributed by atoms with Gasteiger partial charge in [-0.2, -0.15) is 0 Å². The number of nitrogens with zero attached hydrogens (tertiary/aromatic N) is 1. The normalized spacial score (nSPS) is 23.0. The van der Waals surface area contributed by atoms with Crippen LogP contribution >= 0.6 is 0 Å². The Morgan fingerprint density at radius 3 is 2.23 bits per heavy atom. The summed E-state index contributed by atoms with van der Waals surface area (Å²) in [6.45, 7) is 2.20. The van der Waals surface area contributed by atoms with Gasteiger partial charge in [0.25, 0.3) is 0 Å². The molecule has 3 aliphatic rings. The lowest BCUT2D eigenvalue weighted by Crippen LogP contribution is -2.51. The van der Waals surface area contributed by atoms with Gasteiger partial charge in [0.1, 0.15) is 12.1 Å². The number of hydrogen-bond donors (Lipinski definition) is 2. The summed E-state index contributed by atoms with van der Waals surface area (Å²) < 4.78 is 5.65. The second kappa shape index (κ2) is 9.36. The number of carbonyl (C=O) groups is 3. The van der Waals surface area contributed by atoms with Crippen molar-refractivity contribution in [1.82, 2.24) is 10.2 Å². The topological polar surface area (TPSA) is 95.9 Å². The van der Waals surface area contributed by atoms with Gasteiger partial charge in [0.05, 0.1) is 0 Å². The van der Waals surface area contributed by atoms with Crippen LogP contribution in [0.1, 0.15) is 68.9 Å². The number of amides is 2. The molecule has 2 N–H and O–H groups in total. The largest absolute Gasteiger partial charge is 0.479 e. The van der Waals surface area contributed by atoms with Crippen molar-refractivity contribution < 1.29 is 24.2 Å². The van der Waals surface area contributed by atoms with Crippen LogP contribution in [0, 0.1) is 0 Å². The molecule has 2 amide bonds. The molecule has 1 aliphatic carbocycles. The van der Waals surface area contributed by atoms with Gasteiger partial charge in [-0.15, -0.1) is 0 Å². The number of ether oxygens (including phenoxy) is 1. The van der Waals surface area contributed by atoms with Crippen LogP contribution in [0.25, 0.3) is 11.1 Å². The molecule has 2 fully saturated rings. The second-order valence-corrected chi connectivity index (χ2v) is 9.95. The maximum Gasteiger partial charge on any atom is 0.407 e. The monoisotopic (exact) mass is 476 g/mol. The number of fused-ring (bicyclic) bond motifs is 5. The Morgan fingerprint density at radius 2 is 1.66 bits per heavy atom. The van der Waals surface area contributed by atoms with E-state index >= 15 is 0 Å². The van der Waals surface area contributed by atoms with E-state index in [2.05, 4.69) is 29.6 Å². The molecule has 7 nitrogen and oxygen atoms in total. The quantitative estimate of drug-likeness (QED) is 0.576. The molecule has 0 radical (unpaired) electrons. The van der Waals surface area contributed by atoms with E-state index in [1.54, 1.807) is 4.90 Å². The van der Waals surface area contributed by atoms with Gasteiger partial charge in [-0.1, -0.05) is 55.5 Å². The first-order chi connectivity index (χ1) is 16.9. The Morgan fingerprint density at radius 1 is 1.06 bits per heavy atom. The van der Waals surface area contributed by atoms with Crippen LogP contribution in [0.5, 0.6) is 0 Å². The summed E-state index contributed by atoms with van der Waals surface area (Å²) in [6.07, 6.45) is 3.42. The lowest BCUT2D eigenvalue weighted by atomic mass is 9.88. The molecule has 7 heteroatoms. The third kappa shape index (κ3) is 4.07. The first kappa shape index (κ1) is 23.4. The number of carbonyl (C=O) groups excluding carboxylic acids is 2. The van der Waals surface area contributed by atoms with Gasteiger partial charge >= 0.3 is 12.1 Å². The Balaban J connectivity index is 1.16. The predicted octanol–water partition coefficient (Wildman–Crippen LogP) is 4.69. The summed E-state index contributed by atoms with van der Waals surface area (Å²) in [6, 6.07) is 16.2. The third-order valence-electron chi connectivity index (χ3n) is 8.14. The van der Waals surface area contributed by atoms with E-state index < -0.39 is 17.6 Å². The fraction of sp³-hybridized carbons (Fsp3) is 0.464. The Hall–Kier alpha value is -3.35. The van der Waals surface area contributed by atoms with Gasteiger partial charge in [0.2, 0.25) is 5.91 Å². The number of carboxylic acid groups (broad SMARTS) is 1. The maximum atomic E-state index is 13.0. The SMILES string of the molecule is CCC(CCC(=O)N1C2CCC1(C(=O)O)CC2)NC(=O)OCC1c2ccccc2-c2ccccc21. The smallest absolute Gasteiger partial charge is 0.407 e. The van der Waals surface area contributed by atoms with Gasteiger partial charge in [0, 0.05) is 24.4 Å². The molecule has 0 spiro atoms. The number of carboxylic acids is 1. The molecule has 2 aliphatic heterocycles. The van der Waals surface area contributed by atoms with E-state index in [0.29, 0.717) is 25.7 Å². The highest BCUT2D eigenvalue weighted by Crippen LogP contribution is 2.47. The molecular weight excluding hydrogens is 444 g/mol. The maximum absolute atomic E-state index is 13.0. The highest BCUT2D eigenvalue weighted by molar-refractivity contribution is 5.89. The summed E-state index contributed by atoms with van der Waals surface area (Å²) in [4.78, 5) is 39.1. The van der Waals surface area contributed by atoms with Crippen LogP contribution in [0.4, 0.5) is 4.79 Å². The summed E-state index contributed by atoms with van der Waals surface area (Å²) in [7, 11) is 0. The van der Waals surface area contributed by atoms with Crippen LogP contribution in [0.15, 0.2) is 48.5 Å². The lowest BCUT2D eigenvalue weighted by molar-refractivity contribution is -0.155. The van der Waals surface area contributed by atoms with E-state index in [0.717, 1.165) is 24.0 Å². The number of nitrogens with one attached hydrogen (secondary N) is 1. The number of aliphatic carboxylic acids is 1. The van der Waals surface area contributed by atoms with Gasteiger partial charge in [-0.05, 0) is 60.8 Å². The first-order valence-corrected chi connectivity index (χ1v) is 12.6. The van der Waals surface area contributed by atoms with Crippen LogP contribution in [-0.4, -0.2) is 52.2 Å². The van der Waals surface area contributed by atoms with Crippen LogP contribution in [0.2, 0.25) is 0 Å². The molecule has 1 atom stereocenters. The predicted molar refractivity (Wildman–Crippen MR) is 131 cm³/mol. The van der Waals surface area contributed by atoms with Gasteiger partial charge in [-0.3, -0.25) is 4.79 Å². The molecule has 0 saturated carbocycles. The molecule has 35 heavy (non-hydrogen) atoms. The molecule has 2 bridgehead atoms. The summed E-state index contributed by atoms with van der Waals surface area (Å²) >= 11 is 0. The highest BCUT2D eigenvalue weighted by atomic mass is 16.5. The molecule has 184 valence electrons. The molecule has 2 heterocycles. The molecule has 0 aromatic heterocycles. The van der Waals surface area contributed by atoms with Crippen molar-refractivity contribution in [3.63, 3.8) is 0 Å². The van der Waals surface area contributed by atoms with Crippen molar-refractivity contribution in [1.29, 1.82) is 0 Å². The fourth-order valence-electron chi connectivity index (χ4n) is 6.29. The highest BCUT2D eigenvalue weighted by Gasteiger charge is 2.58. The summed E-state index contributed by atoms with van der Waals surface area (Å²) in [5.41, 5.74) is 3.65. The van der Waals surface area contributed by atoms with Gasteiger partial charge < -0.3 is 20.1 Å². The van der Waals surface area contributed by atoms with Gasteiger partial charge in [-0.25, -0.2) is 9.59 Å². The van der Waals surface area contributed by atoms with Crippen molar-refractivity contribution in [2.45, 2.75) is 75.4 Å². The standard InChI is InChI=1S/C28H32N2O5/c1-2-18(11-12-25(31)30-19-13-15-28(30,16-14-19)26(32)33)29-27(34)35-17-24-22-9-5-3-7-20(22)21-8-4-6-10-23(21)24/h3-10,18-19,24H,2,11-17H2,1H3,(H,29,34)(H,32,33).